The molecule has 3 aromatic carbocycles. The van der Waals surface area contributed by atoms with Gasteiger partial charge in [0.25, 0.3) is 0 Å². The van der Waals surface area contributed by atoms with Gasteiger partial charge in [-0.2, -0.15) is 0 Å². The van der Waals surface area contributed by atoms with E-state index in [1.807, 2.05) is 72.8 Å². The highest BCUT2D eigenvalue weighted by atomic mass is 16.1. The Balaban J connectivity index is 0.000000129. The minimum absolute atomic E-state index is 0.149. The molecule has 5 rings (SSSR count). The Morgan fingerprint density at radius 1 is 0.500 bits per heavy atom. The van der Waals surface area contributed by atoms with Crippen molar-refractivity contribution >= 4 is 11.6 Å². The molecule has 0 aliphatic heterocycles. The van der Waals surface area contributed by atoms with Gasteiger partial charge in [0.2, 0.25) is 0 Å². The van der Waals surface area contributed by atoms with E-state index < -0.39 is 0 Å². The van der Waals surface area contributed by atoms with Crippen molar-refractivity contribution < 1.29 is 9.59 Å². The molecule has 24 heavy (non-hydrogen) atoms. The molecular weight excluding hydrogens is 296 g/mol. The van der Waals surface area contributed by atoms with Crippen LogP contribution in [0, 0.1) is 0 Å². The molecule has 2 heteroatoms. The molecule has 0 amide bonds. The van der Waals surface area contributed by atoms with E-state index in [0.29, 0.717) is 12.2 Å². The maximum Gasteiger partial charge on any atom is 0.194 e. The molecule has 0 fully saturated rings. The third kappa shape index (κ3) is 2.37. The average molecular weight is 312 g/mol. The summed E-state index contributed by atoms with van der Waals surface area (Å²) in [7, 11) is 0. The first kappa shape index (κ1) is 14.6. The quantitative estimate of drug-likeness (QED) is 0.471. The Morgan fingerprint density at radius 3 is 1.50 bits per heavy atom. The lowest BCUT2D eigenvalue weighted by Gasteiger charge is -1.96. The van der Waals surface area contributed by atoms with Crippen LogP contribution >= 0.6 is 0 Å². The first-order chi connectivity index (χ1) is 11.8. The van der Waals surface area contributed by atoms with Gasteiger partial charge in [0.15, 0.2) is 11.6 Å². The fourth-order valence-electron chi connectivity index (χ4n) is 3.37. The van der Waals surface area contributed by atoms with Gasteiger partial charge >= 0.3 is 0 Å². The number of Topliss-reactive ketones (excluding diaryl/α,β-unsaturated/α-hetero) is 1. The van der Waals surface area contributed by atoms with Gasteiger partial charge in [-0.3, -0.25) is 9.59 Å². The van der Waals surface area contributed by atoms with Crippen LogP contribution in [-0.2, 0) is 6.42 Å². The molecule has 116 valence electrons. The summed E-state index contributed by atoms with van der Waals surface area (Å²) in [5.41, 5.74) is 5.93. The van der Waals surface area contributed by atoms with E-state index in [2.05, 4.69) is 0 Å². The molecule has 0 atom stereocenters. The van der Waals surface area contributed by atoms with Crippen LogP contribution in [0.2, 0.25) is 0 Å². The Kier molecular flexibility index (Phi) is 3.58. The maximum absolute atomic E-state index is 11.9. The lowest BCUT2D eigenvalue weighted by atomic mass is 10.1. The van der Waals surface area contributed by atoms with Crippen LogP contribution in [0.25, 0.3) is 11.1 Å². The number of hydrogen-bond donors (Lipinski definition) is 0. The van der Waals surface area contributed by atoms with Crippen LogP contribution in [0.15, 0.2) is 72.8 Å². The Morgan fingerprint density at radius 2 is 0.958 bits per heavy atom. The molecular formula is C22H16O2. The molecule has 0 N–H and O–H groups in total. The monoisotopic (exact) mass is 312 g/mol. The van der Waals surface area contributed by atoms with Gasteiger partial charge in [0.05, 0.1) is 0 Å². The third-order valence-electron chi connectivity index (χ3n) is 4.57. The van der Waals surface area contributed by atoms with E-state index >= 15 is 0 Å². The van der Waals surface area contributed by atoms with E-state index in [9.17, 15) is 9.59 Å². The Hall–Kier alpha value is -3.00. The van der Waals surface area contributed by atoms with Crippen molar-refractivity contribution in [1.29, 1.82) is 0 Å². The van der Waals surface area contributed by atoms with E-state index in [-0.39, 0.29) is 5.78 Å². The van der Waals surface area contributed by atoms with E-state index in [1.54, 1.807) is 0 Å². The zero-order chi connectivity index (χ0) is 16.5. The normalized spacial score (nSPS) is 13.7. The van der Waals surface area contributed by atoms with Crippen LogP contribution in [-0.4, -0.2) is 11.6 Å². The lowest BCUT2D eigenvalue weighted by molar-refractivity contribution is 0.0993. The summed E-state index contributed by atoms with van der Waals surface area (Å²) >= 11 is 0. The Labute approximate surface area is 140 Å². The van der Waals surface area contributed by atoms with Crippen molar-refractivity contribution in [2.24, 2.45) is 0 Å². The second-order valence-corrected chi connectivity index (χ2v) is 6.00. The third-order valence-corrected chi connectivity index (χ3v) is 4.57. The predicted octanol–water partition coefficient (Wildman–Crippen LogP) is 4.71. The first-order valence-electron chi connectivity index (χ1n) is 8.10. The fourth-order valence-corrected chi connectivity index (χ4v) is 3.37. The second-order valence-electron chi connectivity index (χ2n) is 6.00. The summed E-state index contributed by atoms with van der Waals surface area (Å²) in [6, 6.07) is 23.4. The summed E-state index contributed by atoms with van der Waals surface area (Å²) in [5.74, 6) is 0.451. The summed E-state index contributed by atoms with van der Waals surface area (Å²) in [5, 5.41) is 0. The molecule has 3 aromatic rings. The van der Waals surface area contributed by atoms with Crippen molar-refractivity contribution in [1.82, 2.24) is 0 Å². The maximum atomic E-state index is 11.9. The average Bonchev–Trinajstić information content (AvgIpc) is 3.16. The topological polar surface area (TPSA) is 34.1 Å². The molecule has 0 saturated carbocycles. The Bertz CT molecular complexity index is 906. The molecule has 0 saturated heterocycles. The van der Waals surface area contributed by atoms with Crippen LogP contribution in [0.5, 0.6) is 0 Å². The number of aryl methyl sites for hydroxylation is 1. The number of carbonyl (C=O) groups is 2. The molecule has 0 aromatic heterocycles. The highest BCUT2D eigenvalue weighted by molar-refractivity contribution is 6.21. The molecule has 0 bridgehead atoms. The van der Waals surface area contributed by atoms with Gasteiger partial charge in [0, 0.05) is 23.1 Å². The van der Waals surface area contributed by atoms with E-state index in [4.69, 9.17) is 0 Å². The highest BCUT2D eigenvalue weighted by Crippen LogP contribution is 2.35. The number of fused-ring (bicyclic) bond motifs is 4. The van der Waals surface area contributed by atoms with Crippen LogP contribution in [0.3, 0.4) is 0 Å². The van der Waals surface area contributed by atoms with Crippen molar-refractivity contribution in [3.63, 3.8) is 0 Å². The molecule has 0 radical (unpaired) electrons. The van der Waals surface area contributed by atoms with Crippen LogP contribution in [0.4, 0.5) is 0 Å². The predicted molar refractivity (Wildman–Crippen MR) is 94.4 cm³/mol. The smallest absolute Gasteiger partial charge is 0.194 e. The molecule has 0 heterocycles. The molecule has 2 nitrogen and oxygen atoms in total. The summed E-state index contributed by atoms with van der Waals surface area (Å²) in [6.07, 6.45) is 1.65. The summed E-state index contributed by atoms with van der Waals surface area (Å²) in [6.45, 7) is 0. The SMILES string of the molecule is O=C1CCc2ccccc21.O=C1c2ccccc2-c2ccccc21. The van der Waals surface area contributed by atoms with Crippen molar-refractivity contribution in [3.8, 4) is 11.1 Å². The molecule has 2 aliphatic carbocycles. The number of benzene rings is 3. The van der Waals surface area contributed by atoms with E-state index in [1.165, 1.54) is 5.56 Å². The number of carbonyl (C=O) groups excluding carboxylic acids is 2. The van der Waals surface area contributed by atoms with Gasteiger partial charge in [-0.05, 0) is 23.1 Å². The zero-order valence-electron chi connectivity index (χ0n) is 13.2. The van der Waals surface area contributed by atoms with E-state index in [0.717, 1.165) is 34.2 Å². The van der Waals surface area contributed by atoms with Gasteiger partial charge in [-0.1, -0.05) is 72.8 Å². The minimum Gasteiger partial charge on any atom is -0.294 e. The van der Waals surface area contributed by atoms with Crippen molar-refractivity contribution in [3.05, 3.63) is 95.1 Å². The summed E-state index contributed by atoms with van der Waals surface area (Å²) < 4.78 is 0. The second kappa shape index (κ2) is 5.89. The van der Waals surface area contributed by atoms with Crippen molar-refractivity contribution in [2.75, 3.05) is 0 Å². The fraction of sp³-hybridized carbons (Fsp3) is 0.0909. The summed E-state index contributed by atoms with van der Waals surface area (Å²) in [4.78, 5) is 23.0. The first-order valence-corrected chi connectivity index (χ1v) is 8.10. The van der Waals surface area contributed by atoms with Gasteiger partial charge < -0.3 is 0 Å². The number of hydrogen-bond acceptors (Lipinski definition) is 2. The number of ketones is 2. The molecule has 2 aliphatic rings. The standard InChI is InChI=1S/C13H8O.C9H8O/c14-13-11-7-3-1-5-9(11)10-6-2-4-8-12(10)13;10-9-6-5-7-3-1-2-4-8(7)9/h1-8H;1-4H,5-6H2. The highest BCUT2D eigenvalue weighted by Gasteiger charge is 2.24. The largest absolute Gasteiger partial charge is 0.294 e. The van der Waals surface area contributed by atoms with Crippen LogP contribution < -0.4 is 0 Å². The van der Waals surface area contributed by atoms with Gasteiger partial charge in [-0.25, -0.2) is 0 Å². The van der Waals surface area contributed by atoms with Crippen LogP contribution in [0.1, 0.15) is 38.3 Å². The van der Waals surface area contributed by atoms with Gasteiger partial charge in [-0.15, -0.1) is 0 Å². The molecule has 0 spiro atoms. The van der Waals surface area contributed by atoms with Crippen molar-refractivity contribution in [2.45, 2.75) is 12.8 Å². The molecule has 0 unspecified atom stereocenters. The zero-order valence-corrected chi connectivity index (χ0v) is 13.2. The van der Waals surface area contributed by atoms with Gasteiger partial charge in [0.1, 0.15) is 0 Å². The minimum atomic E-state index is 0.149. The lowest BCUT2D eigenvalue weighted by Crippen LogP contribution is -1.93. The number of rotatable bonds is 0.